The number of H-pyrrole nitrogens is 1. The third kappa shape index (κ3) is 2.24. The van der Waals surface area contributed by atoms with E-state index >= 15 is 0 Å². The van der Waals surface area contributed by atoms with Crippen LogP contribution in [0.3, 0.4) is 0 Å². The van der Waals surface area contributed by atoms with Crippen molar-refractivity contribution in [3.8, 4) is 0 Å². The average Bonchev–Trinajstić information content (AvgIpc) is 2.69. The minimum atomic E-state index is -4.27. The van der Waals surface area contributed by atoms with Crippen LogP contribution in [0.5, 0.6) is 0 Å². The molecule has 7 heteroatoms. The lowest BCUT2D eigenvalue weighted by atomic mass is 10.2. The molecular weight excluding hydrogens is 245 g/mol. The first-order chi connectivity index (χ1) is 7.91. The van der Waals surface area contributed by atoms with Crippen LogP contribution in [0.1, 0.15) is 10.5 Å². The van der Waals surface area contributed by atoms with Crippen molar-refractivity contribution < 1.29 is 23.9 Å². The van der Waals surface area contributed by atoms with E-state index in [-0.39, 0.29) is 11.0 Å². The van der Waals surface area contributed by atoms with E-state index in [1.165, 1.54) is 31.4 Å². The molecule has 1 heterocycles. The SMILES string of the molecule is COC(=O)c1cc2cc(P(=O)(O)O)ccc2[nH]1. The molecule has 1 aromatic carbocycles. The van der Waals surface area contributed by atoms with E-state index in [0.717, 1.165) is 0 Å². The Bertz CT molecular complexity index is 627. The zero-order chi connectivity index (χ0) is 12.6. The number of aromatic amines is 1. The Morgan fingerprint density at radius 2 is 2.06 bits per heavy atom. The molecule has 0 unspecified atom stereocenters. The van der Waals surface area contributed by atoms with Crippen LogP contribution in [0, 0.1) is 0 Å². The van der Waals surface area contributed by atoms with Gasteiger partial charge < -0.3 is 19.5 Å². The zero-order valence-corrected chi connectivity index (χ0v) is 9.77. The molecule has 0 radical (unpaired) electrons. The highest BCUT2D eigenvalue weighted by Gasteiger charge is 2.18. The van der Waals surface area contributed by atoms with E-state index in [0.29, 0.717) is 10.9 Å². The predicted octanol–water partition coefficient (Wildman–Crippen LogP) is 0.757. The Morgan fingerprint density at radius 1 is 1.35 bits per heavy atom. The van der Waals surface area contributed by atoms with Gasteiger partial charge in [-0.2, -0.15) is 0 Å². The molecule has 0 saturated heterocycles. The Hall–Kier alpha value is -1.62. The number of nitrogens with one attached hydrogen (secondary N) is 1. The van der Waals surface area contributed by atoms with Gasteiger partial charge in [-0.1, -0.05) is 0 Å². The van der Waals surface area contributed by atoms with Crippen molar-refractivity contribution in [3.05, 3.63) is 30.0 Å². The van der Waals surface area contributed by atoms with E-state index in [1.54, 1.807) is 0 Å². The van der Waals surface area contributed by atoms with Crippen molar-refractivity contribution in [1.29, 1.82) is 0 Å². The largest absolute Gasteiger partial charge is 0.464 e. The summed E-state index contributed by atoms with van der Waals surface area (Å²) in [5.74, 6) is -0.529. The molecule has 0 aliphatic rings. The summed E-state index contributed by atoms with van der Waals surface area (Å²) in [4.78, 5) is 32.1. The van der Waals surface area contributed by atoms with Gasteiger partial charge in [-0.25, -0.2) is 4.79 Å². The molecule has 2 rings (SSSR count). The summed E-state index contributed by atoms with van der Waals surface area (Å²) < 4.78 is 15.6. The third-order valence-corrected chi connectivity index (χ3v) is 3.30. The number of carbonyl (C=O) groups excluding carboxylic acids is 1. The van der Waals surface area contributed by atoms with Crippen molar-refractivity contribution in [3.63, 3.8) is 0 Å². The molecular formula is C10H10NO5P. The monoisotopic (exact) mass is 255 g/mol. The van der Waals surface area contributed by atoms with Gasteiger partial charge in [0.2, 0.25) is 0 Å². The van der Waals surface area contributed by atoms with Gasteiger partial charge in [-0.3, -0.25) is 4.57 Å². The summed E-state index contributed by atoms with van der Waals surface area (Å²) in [6.45, 7) is 0. The van der Waals surface area contributed by atoms with E-state index in [4.69, 9.17) is 9.79 Å². The van der Waals surface area contributed by atoms with Crippen molar-refractivity contribution in [1.82, 2.24) is 4.98 Å². The Labute approximate surface area is 96.4 Å². The van der Waals surface area contributed by atoms with Crippen molar-refractivity contribution in [2.24, 2.45) is 0 Å². The second kappa shape index (κ2) is 4.00. The lowest BCUT2D eigenvalue weighted by Gasteiger charge is -2.02. The first-order valence-electron chi connectivity index (χ1n) is 4.69. The van der Waals surface area contributed by atoms with Crippen LogP contribution in [-0.2, 0) is 9.30 Å². The van der Waals surface area contributed by atoms with Gasteiger partial charge in [0.15, 0.2) is 0 Å². The molecule has 90 valence electrons. The summed E-state index contributed by atoms with van der Waals surface area (Å²) in [6, 6.07) is 5.66. The van der Waals surface area contributed by atoms with Crippen molar-refractivity contribution >= 4 is 29.8 Å². The standard InChI is InChI=1S/C10H10NO5P/c1-16-10(12)9-5-6-4-7(17(13,14)15)2-3-8(6)11-9/h2-5,11H,1H3,(H2,13,14,15). The minimum Gasteiger partial charge on any atom is -0.464 e. The summed E-state index contributed by atoms with van der Waals surface area (Å²) in [5, 5.41) is 0.464. The summed E-state index contributed by atoms with van der Waals surface area (Å²) in [7, 11) is -3.02. The molecule has 0 spiro atoms. The molecule has 1 aromatic heterocycles. The number of benzene rings is 1. The first-order valence-corrected chi connectivity index (χ1v) is 6.30. The van der Waals surface area contributed by atoms with Gasteiger partial charge in [0, 0.05) is 10.9 Å². The average molecular weight is 255 g/mol. The highest BCUT2D eigenvalue weighted by atomic mass is 31.2. The van der Waals surface area contributed by atoms with Gasteiger partial charge in [-0.05, 0) is 24.3 Å². The van der Waals surface area contributed by atoms with E-state index in [9.17, 15) is 9.36 Å². The maximum absolute atomic E-state index is 11.3. The van der Waals surface area contributed by atoms with Gasteiger partial charge in [0.05, 0.1) is 12.4 Å². The number of methoxy groups -OCH3 is 1. The number of aromatic nitrogens is 1. The lowest BCUT2D eigenvalue weighted by Crippen LogP contribution is -2.02. The highest BCUT2D eigenvalue weighted by Crippen LogP contribution is 2.34. The number of esters is 1. The fourth-order valence-corrected chi connectivity index (χ4v) is 2.10. The lowest BCUT2D eigenvalue weighted by molar-refractivity contribution is 0.0595. The topological polar surface area (TPSA) is 99.6 Å². The second-order valence-electron chi connectivity index (χ2n) is 3.49. The van der Waals surface area contributed by atoms with Crippen LogP contribution in [0.4, 0.5) is 0 Å². The van der Waals surface area contributed by atoms with Crippen molar-refractivity contribution in [2.45, 2.75) is 0 Å². The molecule has 3 N–H and O–H groups in total. The minimum absolute atomic E-state index is 0.0829. The molecule has 17 heavy (non-hydrogen) atoms. The van der Waals surface area contributed by atoms with Crippen LogP contribution in [-0.4, -0.2) is 27.8 Å². The molecule has 0 saturated carbocycles. The smallest absolute Gasteiger partial charge is 0.356 e. The van der Waals surface area contributed by atoms with Gasteiger partial charge >= 0.3 is 13.6 Å². The number of hydrogen-bond donors (Lipinski definition) is 3. The predicted molar refractivity (Wildman–Crippen MR) is 61.3 cm³/mol. The number of ether oxygens (including phenoxy) is 1. The first kappa shape index (κ1) is 11.9. The maximum atomic E-state index is 11.3. The zero-order valence-electron chi connectivity index (χ0n) is 8.88. The Kier molecular flexibility index (Phi) is 2.79. The quantitative estimate of drug-likeness (QED) is 0.543. The molecule has 0 atom stereocenters. The summed E-state index contributed by atoms with van der Waals surface area (Å²) in [5.41, 5.74) is 0.855. The summed E-state index contributed by atoms with van der Waals surface area (Å²) in [6.07, 6.45) is 0. The van der Waals surface area contributed by atoms with E-state index in [1.807, 2.05) is 0 Å². The van der Waals surface area contributed by atoms with Crippen LogP contribution in [0.25, 0.3) is 10.9 Å². The van der Waals surface area contributed by atoms with Gasteiger partial charge in [0.1, 0.15) is 5.69 Å². The maximum Gasteiger partial charge on any atom is 0.356 e. The van der Waals surface area contributed by atoms with Crippen LogP contribution < -0.4 is 5.30 Å². The molecule has 0 aliphatic heterocycles. The molecule has 0 bridgehead atoms. The molecule has 0 fully saturated rings. The van der Waals surface area contributed by atoms with Crippen LogP contribution in [0.2, 0.25) is 0 Å². The number of fused-ring (bicyclic) bond motifs is 1. The van der Waals surface area contributed by atoms with E-state index in [2.05, 4.69) is 9.72 Å². The normalized spacial score (nSPS) is 11.7. The third-order valence-electron chi connectivity index (χ3n) is 2.35. The molecule has 6 nitrogen and oxygen atoms in total. The van der Waals surface area contributed by atoms with Gasteiger partial charge in [0.25, 0.3) is 0 Å². The fraction of sp³-hybridized carbons (Fsp3) is 0.100. The van der Waals surface area contributed by atoms with Crippen LogP contribution in [0.15, 0.2) is 24.3 Å². The Morgan fingerprint density at radius 3 is 2.65 bits per heavy atom. The number of carbonyl (C=O) groups is 1. The number of rotatable bonds is 2. The molecule has 0 amide bonds. The van der Waals surface area contributed by atoms with Crippen LogP contribution >= 0.6 is 7.60 Å². The molecule has 2 aromatic rings. The van der Waals surface area contributed by atoms with Gasteiger partial charge in [-0.15, -0.1) is 0 Å². The summed E-state index contributed by atoms with van der Waals surface area (Å²) >= 11 is 0. The molecule has 0 aliphatic carbocycles. The Balaban J connectivity index is 2.56. The fourth-order valence-electron chi connectivity index (χ4n) is 1.52. The second-order valence-corrected chi connectivity index (χ2v) is 5.09. The van der Waals surface area contributed by atoms with Crippen molar-refractivity contribution in [2.75, 3.05) is 7.11 Å². The number of hydrogen-bond acceptors (Lipinski definition) is 3. The van der Waals surface area contributed by atoms with E-state index < -0.39 is 13.6 Å². The highest BCUT2D eigenvalue weighted by molar-refractivity contribution is 7.60.